The maximum atomic E-state index is 13.2. The maximum Gasteiger partial charge on any atom is 0.326 e. The van der Waals surface area contributed by atoms with E-state index in [0.717, 1.165) is 0 Å². The molecule has 0 unspecified atom stereocenters. The molecule has 1 atom stereocenters. The topological polar surface area (TPSA) is 67.2 Å². The molecule has 2 N–H and O–H groups in total. The van der Waals surface area contributed by atoms with Crippen LogP contribution in [0.25, 0.3) is 11.0 Å². The van der Waals surface area contributed by atoms with E-state index in [9.17, 15) is 9.18 Å². The molecule has 2 aromatic rings. The average Bonchev–Trinajstić information content (AvgIpc) is 2.62. The summed E-state index contributed by atoms with van der Waals surface area (Å²) in [5.41, 5.74) is 1.25. The molecule has 102 valence electrons. The summed E-state index contributed by atoms with van der Waals surface area (Å²) in [5.74, 6) is -0.954. The Labute approximate surface area is 110 Å². The van der Waals surface area contributed by atoms with Gasteiger partial charge in [-0.15, -0.1) is 0 Å². The van der Waals surface area contributed by atoms with Gasteiger partial charge in [-0.25, -0.2) is 14.2 Å². The molecule has 19 heavy (non-hydrogen) atoms. The molecule has 0 radical (unpaired) electrons. The van der Waals surface area contributed by atoms with Crippen molar-refractivity contribution >= 4 is 23.0 Å². The Morgan fingerprint density at radius 2 is 2.16 bits per heavy atom. The van der Waals surface area contributed by atoms with Crippen molar-refractivity contribution in [2.75, 3.05) is 5.32 Å². The molecule has 1 heterocycles. The molecular formula is C13H16FN3O2. The minimum absolute atomic E-state index is 0.0888. The van der Waals surface area contributed by atoms with Gasteiger partial charge in [-0.3, -0.25) is 0 Å². The van der Waals surface area contributed by atoms with Gasteiger partial charge >= 0.3 is 5.97 Å². The van der Waals surface area contributed by atoms with E-state index in [1.54, 1.807) is 17.7 Å². The summed E-state index contributed by atoms with van der Waals surface area (Å²) in [5, 5.41) is 12.0. The molecule has 1 aromatic heterocycles. The third kappa shape index (κ3) is 2.52. The normalized spacial score (nSPS) is 12.9. The number of nitrogens with one attached hydrogen (secondary N) is 1. The van der Waals surface area contributed by atoms with Gasteiger partial charge in [0.15, 0.2) is 0 Å². The molecule has 1 aromatic carbocycles. The first-order valence-electron chi connectivity index (χ1n) is 6.01. The summed E-state index contributed by atoms with van der Waals surface area (Å²) < 4.78 is 14.8. The van der Waals surface area contributed by atoms with Crippen LogP contribution in [0, 0.1) is 11.7 Å². The van der Waals surface area contributed by atoms with Crippen LogP contribution in [0.1, 0.15) is 13.8 Å². The summed E-state index contributed by atoms with van der Waals surface area (Å²) in [4.78, 5) is 15.4. The number of hydrogen-bond donors (Lipinski definition) is 2. The van der Waals surface area contributed by atoms with E-state index in [0.29, 0.717) is 17.0 Å². The van der Waals surface area contributed by atoms with Gasteiger partial charge in [0.1, 0.15) is 11.9 Å². The van der Waals surface area contributed by atoms with Gasteiger partial charge in [0.2, 0.25) is 5.95 Å². The summed E-state index contributed by atoms with van der Waals surface area (Å²) in [6.07, 6.45) is 0. The monoisotopic (exact) mass is 265 g/mol. The van der Waals surface area contributed by atoms with Crippen molar-refractivity contribution in [3.63, 3.8) is 0 Å². The molecule has 0 aliphatic heterocycles. The molecule has 0 aliphatic rings. The van der Waals surface area contributed by atoms with E-state index >= 15 is 0 Å². The van der Waals surface area contributed by atoms with Crippen LogP contribution >= 0.6 is 0 Å². The molecule has 6 heteroatoms. The lowest BCUT2D eigenvalue weighted by Gasteiger charge is -2.18. The van der Waals surface area contributed by atoms with Crippen LogP contribution in [0.15, 0.2) is 18.2 Å². The number of carboxylic acid groups (broad SMARTS) is 1. The summed E-state index contributed by atoms with van der Waals surface area (Å²) in [6.45, 7) is 3.63. The minimum atomic E-state index is -0.937. The first-order chi connectivity index (χ1) is 8.90. The molecule has 0 aliphatic carbocycles. The first kappa shape index (κ1) is 13.3. The van der Waals surface area contributed by atoms with Crippen molar-refractivity contribution in [2.24, 2.45) is 13.0 Å². The Bertz CT molecular complexity index is 622. The lowest BCUT2D eigenvalue weighted by atomic mass is 10.1. The Morgan fingerprint density at radius 3 is 2.74 bits per heavy atom. The van der Waals surface area contributed by atoms with Crippen LogP contribution in [-0.4, -0.2) is 26.7 Å². The van der Waals surface area contributed by atoms with E-state index in [4.69, 9.17) is 5.11 Å². The quantitative estimate of drug-likeness (QED) is 0.889. The molecular weight excluding hydrogens is 249 g/mol. The number of imidazole rings is 1. The second-order valence-electron chi connectivity index (χ2n) is 4.83. The fraction of sp³-hybridized carbons (Fsp3) is 0.385. The van der Waals surface area contributed by atoms with Crippen molar-refractivity contribution in [2.45, 2.75) is 19.9 Å². The molecule has 0 fully saturated rings. The largest absolute Gasteiger partial charge is 0.480 e. The number of carbonyl (C=O) groups is 1. The van der Waals surface area contributed by atoms with Crippen molar-refractivity contribution in [3.05, 3.63) is 24.0 Å². The summed E-state index contributed by atoms with van der Waals surface area (Å²) in [6, 6.07) is 3.54. The highest BCUT2D eigenvalue weighted by atomic mass is 19.1. The van der Waals surface area contributed by atoms with E-state index in [2.05, 4.69) is 10.3 Å². The molecule has 0 spiro atoms. The Kier molecular flexibility index (Phi) is 3.42. The van der Waals surface area contributed by atoms with Gasteiger partial charge in [0.05, 0.1) is 11.0 Å². The average molecular weight is 265 g/mol. The number of carboxylic acids is 1. The zero-order chi connectivity index (χ0) is 14.2. The van der Waals surface area contributed by atoms with Crippen LogP contribution in [0.4, 0.5) is 10.3 Å². The number of aliphatic carboxylic acids is 1. The standard InChI is InChI=1S/C13H16FN3O2/c1-7(2)11(12(18)19)16-13-15-9-5-4-8(14)6-10(9)17(13)3/h4-7,11H,1-3H3,(H,15,16)(H,18,19)/t11-/m1/s1. The lowest BCUT2D eigenvalue weighted by molar-refractivity contribution is -0.138. The van der Waals surface area contributed by atoms with Gasteiger partial charge in [0.25, 0.3) is 0 Å². The number of fused-ring (bicyclic) bond motifs is 1. The van der Waals surface area contributed by atoms with E-state index in [-0.39, 0.29) is 11.7 Å². The Hall–Kier alpha value is -2.11. The van der Waals surface area contributed by atoms with Crippen LogP contribution in [0.2, 0.25) is 0 Å². The van der Waals surface area contributed by atoms with Gasteiger partial charge in [-0.1, -0.05) is 13.8 Å². The summed E-state index contributed by atoms with van der Waals surface area (Å²) >= 11 is 0. The fourth-order valence-electron chi connectivity index (χ4n) is 1.94. The second-order valence-corrected chi connectivity index (χ2v) is 4.83. The summed E-state index contributed by atoms with van der Waals surface area (Å²) in [7, 11) is 1.72. The number of aryl methyl sites for hydroxylation is 1. The van der Waals surface area contributed by atoms with Gasteiger partial charge < -0.3 is 15.0 Å². The molecule has 0 amide bonds. The fourth-order valence-corrected chi connectivity index (χ4v) is 1.94. The van der Waals surface area contributed by atoms with Crippen molar-refractivity contribution in [3.8, 4) is 0 Å². The second kappa shape index (κ2) is 4.87. The maximum absolute atomic E-state index is 13.2. The molecule has 5 nitrogen and oxygen atoms in total. The number of anilines is 1. The number of nitrogens with zero attached hydrogens (tertiary/aromatic N) is 2. The van der Waals surface area contributed by atoms with Gasteiger partial charge in [-0.05, 0) is 24.1 Å². The smallest absolute Gasteiger partial charge is 0.326 e. The van der Waals surface area contributed by atoms with Crippen molar-refractivity contribution < 1.29 is 14.3 Å². The number of hydrogen-bond acceptors (Lipinski definition) is 3. The van der Waals surface area contributed by atoms with Crippen LogP contribution in [0.3, 0.4) is 0 Å². The number of aromatic nitrogens is 2. The highest BCUT2D eigenvalue weighted by Crippen LogP contribution is 2.20. The highest BCUT2D eigenvalue weighted by molar-refractivity contribution is 5.81. The number of rotatable bonds is 4. The lowest BCUT2D eigenvalue weighted by Crippen LogP contribution is -2.35. The molecule has 2 rings (SSSR count). The minimum Gasteiger partial charge on any atom is -0.480 e. The number of benzene rings is 1. The van der Waals surface area contributed by atoms with E-state index in [1.165, 1.54) is 12.1 Å². The molecule has 0 saturated carbocycles. The van der Waals surface area contributed by atoms with Crippen LogP contribution in [0.5, 0.6) is 0 Å². The van der Waals surface area contributed by atoms with Crippen molar-refractivity contribution in [1.82, 2.24) is 9.55 Å². The third-order valence-electron chi connectivity index (χ3n) is 3.06. The number of halogens is 1. The molecule has 0 bridgehead atoms. The van der Waals surface area contributed by atoms with Gasteiger partial charge in [-0.2, -0.15) is 0 Å². The molecule has 0 saturated heterocycles. The third-order valence-corrected chi connectivity index (χ3v) is 3.06. The predicted molar refractivity (Wildman–Crippen MR) is 70.6 cm³/mol. The SMILES string of the molecule is CC(C)[C@@H](Nc1nc2ccc(F)cc2n1C)C(=O)O. The van der Waals surface area contributed by atoms with Gasteiger partial charge in [0, 0.05) is 7.05 Å². The van der Waals surface area contributed by atoms with Crippen LogP contribution in [-0.2, 0) is 11.8 Å². The van der Waals surface area contributed by atoms with E-state index < -0.39 is 12.0 Å². The Balaban J connectivity index is 2.40. The first-order valence-corrected chi connectivity index (χ1v) is 6.01. The highest BCUT2D eigenvalue weighted by Gasteiger charge is 2.23. The van der Waals surface area contributed by atoms with Crippen LogP contribution < -0.4 is 5.32 Å². The zero-order valence-electron chi connectivity index (χ0n) is 11.0. The van der Waals surface area contributed by atoms with E-state index in [1.807, 2.05) is 13.8 Å². The predicted octanol–water partition coefficient (Wildman–Crippen LogP) is 2.23. The Morgan fingerprint density at radius 1 is 1.47 bits per heavy atom. The van der Waals surface area contributed by atoms with Crippen molar-refractivity contribution in [1.29, 1.82) is 0 Å². The zero-order valence-corrected chi connectivity index (χ0v) is 11.0.